The Morgan fingerprint density at radius 2 is 2.00 bits per heavy atom. The standard InChI is InChI=1S/C8H6FNO4S/c1-2-15(13,14)8-4-6(9)3-7(5-8)10(11)12/h2-5H,1H2. The summed E-state index contributed by atoms with van der Waals surface area (Å²) in [5.41, 5.74) is -0.615. The van der Waals surface area contributed by atoms with Crippen LogP contribution in [0.1, 0.15) is 0 Å². The number of nitro groups is 1. The van der Waals surface area contributed by atoms with Crippen LogP contribution in [-0.2, 0) is 9.84 Å². The molecule has 0 amide bonds. The number of nitrogens with zero attached hydrogens (tertiary/aromatic N) is 1. The Balaban J connectivity index is 3.46. The van der Waals surface area contributed by atoms with E-state index in [1.165, 1.54) is 0 Å². The van der Waals surface area contributed by atoms with Crippen molar-refractivity contribution in [2.45, 2.75) is 4.90 Å². The molecule has 0 aromatic heterocycles. The van der Waals surface area contributed by atoms with E-state index in [-0.39, 0.29) is 0 Å². The second kappa shape index (κ2) is 3.77. The molecule has 0 aliphatic heterocycles. The normalized spacial score (nSPS) is 11.0. The zero-order chi connectivity index (χ0) is 11.6. The molecule has 1 aromatic rings. The third kappa shape index (κ3) is 2.38. The van der Waals surface area contributed by atoms with E-state index in [2.05, 4.69) is 6.58 Å². The number of non-ortho nitro benzene ring substituents is 1. The molecule has 0 unspecified atom stereocenters. The van der Waals surface area contributed by atoms with Gasteiger partial charge in [0.2, 0.25) is 0 Å². The van der Waals surface area contributed by atoms with Crippen LogP contribution in [0.4, 0.5) is 10.1 Å². The summed E-state index contributed by atoms with van der Waals surface area (Å²) < 4.78 is 35.3. The molecule has 1 aromatic carbocycles. The first-order chi connectivity index (χ1) is 6.86. The number of halogens is 1. The van der Waals surface area contributed by atoms with Gasteiger partial charge in [0, 0.05) is 11.5 Å². The lowest BCUT2D eigenvalue weighted by Crippen LogP contribution is -1.98. The van der Waals surface area contributed by atoms with E-state index in [0.717, 1.165) is 6.07 Å². The Morgan fingerprint density at radius 3 is 2.47 bits per heavy atom. The highest BCUT2D eigenvalue weighted by Crippen LogP contribution is 2.21. The van der Waals surface area contributed by atoms with Crippen molar-refractivity contribution in [3.05, 3.63) is 46.1 Å². The summed E-state index contributed by atoms with van der Waals surface area (Å²) in [6.45, 7) is 3.03. The van der Waals surface area contributed by atoms with Crippen LogP contribution < -0.4 is 0 Å². The van der Waals surface area contributed by atoms with Crippen molar-refractivity contribution in [1.29, 1.82) is 0 Å². The molecule has 0 aliphatic carbocycles. The molecule has 0 spiro atoms. The number of hydrogen-bond donors (Lipinski definition) is 0. The largest absolute Gasteiger partial charge is 0.273 e. The van der Waals surface area contributed by atoms with Crippen LogP contribution in [0.5, 0.6) is 0 Å². The molecule has 0 aliphatic rings. The molecular formula is C8H6FNO4S. The smallest absolute Gasteiger partial charge is 0.258 e. The van der Waals surface area contributed by atoms with E-state index in [1.807, 2.05) is 0 Å². The summed E-state index contributed by atoms with van der Waals surface area (Å²) in [7, 11) is -3.86. The van der Waals surface area contributed by atoms with Crippen molar-refractivity contribution in [2.75, 3.05) is 0 Å². The van der Waals surface area contributed by atoms with Crippen LogP contribution in [0.15, 0.2) is 35.1 Å². The molecule has 0 atom stereocenters. The lowest BCUT2D eigenvalue weighted by molar-refractivity contribution is -0.385. The van der Waals surface area contributed by atoms with Gasteiger partial charge in [-0.3, -0.25) is 10.1 Å². The Hall–Kier alpha value is -1.76. The Morgan fingerprint density at radius 1 is 1.40 bits per heavy atom. The minimum atomic E-state index is -3.86. The third-order valence-corrected chi connectivity index (χ3v) is 2.95. The molecule has 0 N–H and O–H groups in total. The molecule has 1 rings (SSSR count). The van der Waals surface area contributed by atoms with Crippen LogP contribution in [0.3, 0.4) is 0 Å². The zero-order valence-electron chi connectivity index (χ0n) is 7.38. The number of nitro benzene ring substituents is 1. The van der Waals surface area contributed by atoms with Gasteiger partial charge in [-0.25, -0.2) is 12.8 Å². The summed E-state index contributed by atoms with van der Waals surface area (Å²) in [5.74, 6) is -0.982. The van der Waals surface area contributed by atoms with Gasteiger partial charge < -0.3 is 0 Å². The van der Waals surface area contributed by atoms with Gasteiger partial charge in [-0.05, 0) is 6.07 Å². The fraction of sp³-hybridized carbons (Fsp3) is 0. The van der Waals surface area contributed by atoms with E-state index in [9.17, 15) is 22.9 Å². The van der Waals surface area contributed by atoms with Crippen molar-refractivity contribution in [1.82, 2.24) is 0 Å². The first kappa shape index (κ1) is 11.3. The molecule has 7 heteroatoms. The second-order valence-electron chi connectivity index (χ2n) is 2.61. The molecule has 80 valence electrons. The maximum atomic E-state index is 12.9. The Kier molecular flexibility index (Phi) is 2.85. The van der Waals surface area contributed by atoms with Crippen molar-refractivity contribution in [3.8, 4) is 0 Å². The average Bonchev–Trinajstić information content (AvgIpc) is 2.16. The van der Waals surface area contributed by atoms with Gasteiger partial charge in [0.25, 0.3) is 5.69 Å². The summed E-state index contributed by atoms with van der Waals surface area (Å²) in [4.78, 5) is 8.99. The highest BCUT2D eigenvalue weighted by atomic mass is 32.2. The molecule has 0 saturated heterocycles. The molecule has 0 heterocycles. The first-order valence-corrected chi connectivity index (χ1v) is 5.24. The van der Waals surface area contributed by atoms with E-state index < -0.39 is 31.2 Å². The summed E-state index contributed by atoms with van der Waals surface area (Å²) >= 11 is 0. The molecule has 0 radical (unpaired) electrons. The summed E-state index contributed by atoms with van der Waals surface area (Å²) in [6.07, 6.45) is 0. The molecular weight excluding hydrogens is 225 g/mol. The lowest BCUT2D eigenvalue weighted by atomic mass is 10.3. The van der Waals surface area contributed by atoms with E-state index >= 15 is 0 Å². The fourth-order valence-electron chi connectivity index (χ4n) is 0.914. The predicted octanol–water partition coefficient (Wildman–Crippen LogP) is 1.65. The Labute approximate surface area is 84.9 Å². The summed E-state index contributed by atoms with van der Waals surface area (Å²) in [5, 5.41) is 10.9. The van der Waals surface area contributed by atoms with Gasteiger partial charge in [0.15, 0.2) is 9.84 Å². The SMILES string of the molecule is C=CS(=O)(=O)c1cc(F)cc([N+](=O)[O-])c1. The lowest BCUT2D eigenvalue weighted by Gasteiger charge is -1.99. The van der Waals surface area contributed by atoms with Gasteiger partial charge in [-0.15, -0.1) is 0 Å². The highest BCUT2D eigenvalue weighted by molar-refractivity contribution is 7.94. The van der Waals surface area contributed by atoms with Gasteiger partial charge in [-0.2, -0.15) is 0 Å². The fourth-order valence-corrected chi connectivity index (χ4v) is 1.67. The van der Waals surface area contributed by atoms with Gasteiger partial charge >= 0.3 is 0 Å². The van der Waals surface area contributed by atoms with Crippen LogP contribution >= 0.6 is 0 Å². The van der Waals surface area contributed by atoms with Crippen molar-refractivity contribution in [3.63, 3.8) is 0 Å². The average molecular weight is 231 g/mol. The Bertz CT molecular complexity index is 523. The zero-order valence-corrected chi connectivity index (χ0v) is 8.20. The minimum absolute atomic E-state index is 0.482. The van der Waals surface area contributed by atoms with Crippen molar-refractivity contribution in [2.24, 2.45) is 0 Å². The van der Waals surface area contributed by atoms with Crippen LogP contribution in [0.25, 0.3) is 0 Å². The van der Waals surface area contributed by atoms with Crippen molar-refractivity contribution >= 4 is 15.5 Å². The third-order valence-electron chi connectivity index (χ3n) is 1.61. The maximum Gasteiger partial charge on any atom is 0.273 e. The molecule has 0 bridgehead atoms. The monoisotopic (exact) mass is 231 g/mol. The van der Waals surface area contributed by atoms with Crippen molar-refractivity contribution < 1.29 is 17.7 Å². The first-order valence-electron chi connectivity index (χ1n) is 3.69. The molecule has 5 nitrogen and oxygen atoms in total. The topological polar surface area (TPSA) is 77.3 Å². The number of benzene rings is 1. The van der Waals surface area contributed by atoms with Gasteiger partial charge in [0.05, 0.1) is 15.9 Å². The van der Waals surface area contributed by atoms with Crippen LogP contribution in [0, 0.1) is 15.9 Å². The van der Waals surface area contributed by atoms with E-state index in [1.54, 1.807) is 0 Å². The summed E-state index contributed by atoms with van der Waals surface area (Å²) in [6, 6.07) is 2.12. The quantitative estimate of drug-likeness (QED) is 0.585. The second-order valence-corrected chi connectivity index (χ2v) is 4.51. The van der Waals surface area contributed by atoms with Gasteiger partial charge in [-0.1, -0.05) is 6.58 Å². The number of hydrogen-bond acceptors (Lipinski definition) is 4. The number of sulfone groups is 1. The van der Waals surface area contributed by atoms with Crippen LogP contribution in [0.2, 0.25) is 0 Å². The maximum absolute atomic E-state index is 12.9. The molecule has 15 heavy (non-hydrogen) atoms. The minimum Gasteiger partial charge on any atom is -0.258 e. The highest BCUT2D eigenvalue weighted by Gasteiger charge is 2.16. The molecule has 0 fully saturated rings. The number of rotatable bonds is 3. The van der Waals surface area contributed by atoms with Gasteiger partial charge in [0.1, 0.15) is 5.82 Å². The van der Waals surface area contributed by atoms with E-state index in [4.69, 9.17) is 0 Å². The predicted molar refractivity (Wildman–Crippen MR) is 50.4 cm³/mol. The molecule has 0 saturated carbocycles. The van der Waals surface area contributed by atoms with Crippen LogP contribution in [-0.4, -0.2) is 13.3 Å². The van der Waals surface area contributed by atoms with E-state index in [0.29, 0.717) is 17.5 Å².